The summed E-state index contributed by atoms with van der Waals surface area (Å²) >= 11 is 6.34. The molecule has 6 heteroatoms. The Morgan fingerprint density at radius 2 is 1.82 bits per heavy atom. The van der Waals surface area contributed by atoms with E-state index >= 15 is 0 Å². The van der Waals surface area contributed by atoms with E-state index in [2.05, 4.69) is 0 Å². The summed E-state index contributed by atoms with van der Waals surface area (Å²) in [5.74, 6) is -0.628. The summed E-state index contributed by atoms with van der Waals surface area (Å²) in [6.07, 6.45) is 1.27. The molecule has 0 aromatic heterocycles. The Morgan fingerprint density at radius 3 is 2.52 bits per heavy atom. The van der Waals surface area contributed by atoms with E-state index in [4.69, 9.17) is 16.3 Å². The number of aliphatic carboxylic acids is 1. The molecule has 5 nitrogen and oxygen atoms in total. The first-order valence-corrected chi connectivity index (χ1v) is 11.2. The number of hydrogen-bond acceptors (Lipinski definition) is 3. The predicted octanol–water partition coefficient (Wildman–Crippen LogP) is 5.31. The second kappa shape index (κ2) is 9.28. The van der Waals surface area contributed by atoms with Crippen LogP contribution in [0.4, 0.5) is 0 Å². The number of benzene rings is 3. The van der Waals surface area contributed by atoms with E-state index in [0.717, 1.165) is 28.0 Å². The average Bonchev–Trinajstić information content (AvgIpc) is 3.10. The number of carbonyl (C=O) groups excluding carboxylic acids is 1. The predicted molar refractivity (Wildman–Crippen MR) is 128 cm³/mol. The fourth-order valence-electron chi connectivity index (χ4n) is 4.26. The first-order chi connectivity index (χ1) is 15.7. The molecule has 1 heterocycles. The van der Waals surface area contributed by atoms with E-state index in [9.17, 15) is 14.7 Å². The Bertz CT molecular complexity index is 1190. The molecule has 0 saturated carbocycles. The van der Waals surface area contributed by atoms with Crippen LogP contribution in [0.1, 0.15) is 39.5 Å². The van der Waals surface area contributed by atoms with Crippen LogP contribution >= 0.6 is 11.6 Å². The lowest BCUT2D eigenvalue weighted by Crippen LogP contribution is -2.35. The maximum atomic E-state index is 13.3. The lowest BCUT2D eigenvalue weighted by Gasteiger charge is -2.24. The molecule has 0 saturated heterocycles. The summed E-state index contributed by atoms with van der Waals surface area (Å²) < 4.78 is 6.24. The molecular weight excluding hydrogens is 438 g/mol. The van der Waals surface area contributed by atoms with Crippen molar-refractivity contribution in [2.24, 2.45) is 0 Å². The number of amides is 1. The highest BCUT2D eigenvalue weighted by molar-refractivity contribution is 6.31. The molecule has 0 radical (unpaired) electrons. The zero-order chi connectivity index (χ0) is 23.6. The van der Waals surface area contributed by atoms with Crippen LogP contribution in [0.25, 0.3) is 0 Å². The Labute approximate surface area is 198 Å². The molecule has 1 amide bonds. The van der Waals surface area contributed by atoms with E-state index in [1.165, 1.54) is 4.90 Å². The minimum Gasteiger partial charge on any atom is -0.487 e. The van der Waals surface area contributed by atoms with Gasteiger partial charge in [-0.05, 0) is 54.8 Å². The van der Waals surface area contributed by atoms with Gasteiger partial charge in [-0.15, -0.1) is 0 Å². The number of nitrogens with zero attached hydrogens (tertiary/aromatic N) is 1. The molecular formula is C27H26ClNO4. The highest BCUT2D eigenvalue weighted by atomic mass is 35.5. The minimum absolute atomic E-state index is 0.225. The number of carbonyl (C=O) groups is 2. The number of hydrogen-bond donors (Lipinski definition) is 1. The molecule has 33 heavy (non-hydrogen) atoms. The van der Waals surface area contributed by atoms with Gasteiger partial charge in [0.1, 0.15) is 17.9 Å². The number of rotatable bonds is 7. The number of carboxylic acid groups (broad SMARTS) is 1. The van der Waals surface area contributed by atoms with E-state index in [0.29, 0.717) is 23.4 Å². The van der Waals surface area contributed by atoms with Gasteiger partial charge < -0.3 is 14.7 Å². The molecule has 3 aromatic rings. The van der Waals surface area contributed by atoms with Crippen LogP contribution in [-0.2, 0) is 24.2 Å². The van der Waals surface area contributed by atoms with E-state index in [-0.39, 0.29) is 19.0 Å². The summed E-state index contributed by atoms with van der Waals surface area (Å²) in [4.78, 5) is 26.0. The van der Waals surface area contributed by atoms with Crippen LogP contribution in [0.5, 0.6) is 5.75 Å². The summed E-state index contributed by atoms with van der Waals surface area (Å²) in [7, 11) is 0. The highest BCUT2D eigenvalue weighted by Crippen LogP contribution is 2.38. The fourth-order valence-corrected chi connectivity index (χ4v) is 4.46. The zero-order valence-electron chi connectivity index (χ0n) is 18.7. The Kier molecular flexibility index (Phi) is 6.43. The summed E-state index contributed by atoms with van der Waals surface area (Å²) in [5, 5.41) is 10.1. The number of fused-ring (bicyclic) bond motifs is 1. The van der Waals surface area contributed by atoms with Crippen molar-refractivity contribution in [1.82, 2.24) is 4.90 Å². The van der Waals surface area contributed by atoms with Gasteiger partial charge in [0.05, 0.1) is 0 Å². The summed E-state index contributed by atoms with van der Waals surface area (Å²) in [6, 6.07) is 20.7. The first-order valence-electron chi connectivity index (χ1n) is 10.8. The first kappa shape index (κ1) is 22.9. The monoisotopic (exact) mass is 463 g/mol. The largest absolute Gasteiger partial charge is 0.487 e. The van der Waals surface area contributed by atoms with Crippen LogP contribution in [-0.4, -0.2) is 34.0 Å². The van der Waals surface area contributed by atoms with Gasteiger partial charge in [-0.3, -0.25) is 9.59 Å². The molecule has 0 spiro atoms. The molecule has 0 fully saturated rings. The van der Waals surface area contributed by atoms with Crippen molar-refractivity contribution in [2.75, 3.05) is 6.54 Å². The second-order valence-corrected chi connectivity index (χ2v) is 9.27. The van der Waals surface area contributed by atoms with Crippen molar-refractivity contribution in [1.29, 1.82) is 0 Å². The lowest BCUT2D eigenvalue weighted by atomic mass is 9.91. The molecule has 4 rings (SSSR count). The third-order valence-corrected chi connectivity index (χ3v) is 6.23. The van der Waals surface area contributed by atoms with Gasteiger partial charge in [0.2, 0.25) is 0 Å². The Hall–Kier alpha value is -3.31. The molecule has 170 valence electrons. The molecule has 0 bridgehead atoms. The van der Waals surface area contributed by atoms with Crippen molar-refractivity contribution < 1.29 is 19.4 Å². The van der Waals surface area contributed by atoms with Crippen LogP contribution in [0.3, 0.4) is 0 Å². The van der Waals surface area contributed by atoms with Crippen LogP contribution in [0, 0.1) is 6.92 Å². The molecule has 1 aliphatic rings. The van der Waals surface area contributed by atoms with Crippen molar-refractivity contribution in [3.8, 4) is 5.75 Å². The Morgan fingerprint density at radius 1 is 1.09 bits per heavy atom. The highest BCUT2D eigenvalue weighted by Gasteiger charge is 2.36. The summed E-state index contributed by atoms with van der Waals surface area (Å²) in [5.41, 5.74) is 3.91. The molecule has 0 aliphatic carbocycles. The van der Waals surface area contributed by atoms with Crippen molar-refractivity contribution in [3.63, 3.8) is 0 Å². The van der Waals surface area contributed by atoms with Crippen LogP contribution < -0.4 is 4.74 Å². The number of aryl methyl sites for hydroxylation is 1. The third-order valence-electron chi connectivity index (χ3n) is 5.86. The van der Waals surface area contributed by atoms with Gasteiger partial charge in [0.25, 0.3) is 5.91 Å². The van der Waals surface area contributed by atoms with Crippen LogP contribution in [0.15, 0.2) is 66.7 Å². The van der Waals surface area contributed by atoms with Gasteiger partial charge in [0, 0.05) is 30.0 Å². The number of carboxylic acids is 1. The maximum Gasteiger partial charge on any atom is 0.323 e. The lowest BCUT2D eigenvalue weighted by molar-refractivity contribution is -0.137. The fraction of sp³-hybridized carbons (Fsp3) is 0.259. The molecule has 1 aliphatic heterocycles. The Balaban J connectivity index is 1.53. The smallest absolute Gasteiger partial charge is 0.323 e. The third kappa shape index (κ3) is 5.37. The van der Waals surface area contributed by atoms with Gasteiger partial charge in [-0.25, -0.2) is 0 Å². The molecule has 1 N–H and O–H groups in total. The average molecular weight is 464 g/mol. The minimum atomic E-state index is -1.05. The van der Waals surface area contributed by atoms with Crippen molar-refractivity contribution in [2.45, 2.75) is 38.8 Å². The second-order valence-electron chi connectivity index (χ2n) is 8.86. The molecule has 3 aromatic carbocycles. The number of ether oxygens (including phenoxy) is 1. The summed E-state index contributed by atoms with van der Waals surface area (Å²) in [6.45, 7) is 3.87. The standard InChI is InChI=1S/C27H26ClNO4/c1-18-7-9-19(10-8-18)16-29(17-25(30)31)26(32)20-11-12-24-22(13-20)15-27(2,33-24)14-21-5-3-4-6-23(21)28/h3-13H,14-17H2,1-2H3,(H,30,31)/t27-/m1/s1. The van der Waals surface area contributed by atoms with Crippen molar-refractivity contribution in [3.05, 3.63) is 99.6 Å². The van der Waals surface area contributed by atoms with Crippen LogP contribution in [0.2, 0.25) is 5.02 Å². The van der Waals surface area contributed by atoms with Crippen molar-refractivity contribution >= 4 is 23.5 Å². The topological polar surface area (TPSA) is 66.8 Å². The van der Waals surface area contributed by atoms with Gasteiger partial charge in [0.15, 0.2) is 0 Å². The van der Waals surface area contributed by atoms with E-state index < -0.39 is 11.6 Å². The number of halogens is 1. The zero-order valence-corrected chi connectivity index (χ0v) is 19.4. The van der Waals surface area contributed by atoms with Gasteiger partial charge in [-0.2, -0.15) is 0 Å². The van der Waals surface area contributed by atoms with Gasteiger partial charge >= 0.3 is 5.97 Å². The molecule has 1 atom stereocenters. The SMILES string of the molecule is Cc1ccc(CN(CC(=O)O)C(=O)c2ccc3c(c2)C[C@@](C)(Cc2ccccc2Cl)O3)cc1. The van der Waals surface area contributed by atoms with E-state index in [1.54, 1.807) is 12.1 Å². The molecule has 0 unspecified atom stereocenters. The van der Waals surface area contributed by atoms with E-state index in [1.807, 2.05) is 68.4 Å². The maximum absolute atomic E-state index is 13.3. The normalized spacial score (nSPS) is 16.7. The quantitative estimate of drug-likeness (QED) is 0.515. The van der Waals surface area contributed by atoms with Gasteiger partial charge in [-0.1, -0.05) is 59.6 Å².